The maximum absolute atomic E-state index is 11.0. The molecular weight excluding hydrogens is 560 g/mol. The molecule has 3 N–H and O–H groups in total. The SMILES string of the molecule is CCCCC(C1=CC(C)CCCC(C(O)NCCC(=O)O)C=C1)C(c1ccc(Cl)cc1)c1cccc2nc(OC)ccc12. The van der Waals surface area contributed by atoms with Gasteiger partial charge in [0.2, 0.25) is 5.88 Å². The number of pyridine rings is 1. The van der Waals surface area contributed by atoms with E-state index in [4.69, 9.17) is 26.4 Å². The molecule has 0 aliphatic heterocycles. The van der Waals surface area contributed by atoms with Crippen molar-refractivity contribution in [2.24, 2.45) is 17.8 Å². The van der Waals surface area contributed by atoms with Crippen molar-refractivity contribution in [3.8, 4) is 5.88 Å². The number of benzene rings is 2. The zero-order valence-electron chi connectivity index (χ0n) is 25.5. The van der Waals surface area contributed by atoms with Gasteiger partial charge in [0.1, 0.15) is 6.23 Å². The Balaban J connectivity index is 1.82. The number of aliphatic hydroxyl groups is 1. The average molecular weight is 605 g/mol. The third-order valence-corrected chi connectivity index (χ3v) is 8.77. The minimum absolute atomic E-state index is 0.0245. The minimum atomic E-state index is -0.877. The lowest BCUT2D eigenvalue weighted by Gasteiger charge is -2.31. The van der Waals surface area contributed by atoms with Gasteiger partial charge in [-0.3, -0.25) is 10.1 Å². The van der Waals surface area contributed by atoms with E-state index in [0.717, 1.165) is 49.4 Å². The Morgan fingerprint density at radius 2 is 1.93 bits per heavy atom. The number of unbranched alkanes of at least 4 members (excludes halogenated alkanes) is 1. The molecule has 0 amide bonds. The number of hydrogen-bond donors (Lipinski definition) is 3. The summed E-state index contributed by atoms with van der Waals surface area (Å²) in [6.07, 6.45) is 12.0. The molecule has 6 nitrogen and oxygen atoms in total. The number of ether oxygens (including phenoxy) is 1. The first-order chi connectivity index (χ1) is 20.8. The minimum Gasteiger partial charge on any atom is -0.481 e. The zero-order valence-corrected chi connectivity index (χ0v) is 26.3. The van der Waals surface area contributed by atoms with Crippen LogP contribution in [0.15, 0.2) is 78.4 Å². The number of nitrogens with one attached hydrogen (secondary N) is 1. The summed E-state index contributed by atoms with van der Waals surface area (Å²) in [5.41, 5.74) is 4.57. The van der Waals surface area contributed by atoms with Gasteiger partial charge in [-0.2, -0.15) is 0 Å². The lowest BCUT2D eigenvalue weighted by Crippen LogP contribution is -2.36. The summed E-state index contributed by atoms with van der Waals surface area (Å²) in [5, 5.41) is 24.8. The molecule has 5 atom stereocenters. The Labute approximate surface area is 260 Å². The molecule has 7 heteroatoms. The van der Waals surface area contributed by atoms with Crippen molar-refractivity contribution in [2.45, 2.75) is 70.9 Å². The number of nitrogens with zero attached hydrogens (tertiary/aromatic N) is 1. The predicted molar refractivity (Wildman–Crippen MR) is 175 cm³/mol. The van der Waals surface area contributed by atoms with Crippen molar-refractivity contribution >= 4 is 28.5 Å². The van der Waals surface area contributed by atoms with E-state index in [2.05, 4.69) is 67.7 Å². The fraction of sp³-hybridized carbons (Fsp3) is 0.444. The van der Waals surface area contributed by atoms with E-state index in [0.29, 0.717) is 16.8 Å². The molecule has 0 fully saturated rings. The van der Waals surface area contributed by atoms with Gasteiger partial charge < -0.3 is 14.9 Å². The van der Waals surface area contributed by atoms with Crippen LogP contribution in [0.25, 0.3) is 10.9 Å². The van der Waals surface area contributed by atoms with Crippen molar-refractivity contribution < 1.29 is 19.7 Å². The number of halogens is 1. The van der Waals surface area contributed by atoms with Crippen molar-refractivity contribution in [3.05, 3.63) is 94.5 Å². The van der Waals surface area contributed by atoms with Crippen LogP contribution in [0.4, 0.5) is 0 Å². The summed E-state index contributed by atoms with van der Waals surface area (Å²) >= 11 is 6.37. The van der Waals surface area contributed by atoms with Gasteiger partial charge in [0, 0.05) is 34.9 Å². The topological polar surface area (TPSA) is 91.7 Å². The van der Waals surface area contributed by atoms with Gasteiger partial charge in [-0.05, 0) is 72.1 Å². The number of aromatic nitrogens is 1. The van der Waals surface area contributed by atoms with Crippen LogP contribution in [0.5, 0.6) is 5.88 Å². The van der Waals surface area contributed by atoms with Gasteiger partial charge in [-0.1, -0.05) is 87.2 Å². The van der Waals surface area contributed by atoms with E-state index in [1.165, 1.54) is 16.7 Å². The number of rotatable bonds is 13. The van der Waals surface area contributed by atoms with Gasteiger partial charge in [0.15, 0.2) is 0 Å². The molecule has 2 aromatic carbocycles. The Morgan fingerprint density at radius 3 is 2.65 bits per heavy atom. The Kier molecular flexibility index (Phi) is 12.2. The fourth-order valence-corrected chi connectivity index (χ4v) is 6.38. The Hall–Kier alpha value is -3.19. The fourth-order valence-electron chi connectivity index (χ4n) is 6.26. The summed E-state index contributed by atoms with van der Waals surface area (Å²) in [4.78, 5) is 15.8. The molecule has 3 aromatic rings. The Morgan fingerprint density at radius 1 is 1.14 bits per heavy atom. The highest BCUT2D eigenvalue weighted by Crippen LogP contribution is 2.43. The first-order valence-electron chi connectivity index (χ1n) is 15.5. The lowest BCUT2D eigenvalue weighted by molar-refractivity contribution is -0.137. The van der Waals surface area contributed by atoms with Crippen LogP contribution in [-0.2, 0) is 4.79 Å². The van der Waals surface area contributed by atoms with E-state index in [-0.39, 0.29) is 30.7 Å². The van der Waals surface area contributed by atoms with Crippen LogP contribution in [-0.4, -0.2) is 41.0 Å². The standard InChI is InChI=1S/C36H45ClN2O4/c1-4-5-10-29(27-14-13-26(9-6-8-24(2)23-27)36(42)38-22-21-34(40)41)35(25-15-17-28(37)18-16-25)31-11-7-12-32-30(31)19-20-33(39-32)43-3/h7,11-20,23-24,26,29,35-36,38,42H,4-6,8-10,21-22H2,1-3H3,(H,40,41). The second-order valence-corrected chi connectivity index (χ2v) is 12.1. The van der Waals surface area contributed by atoms with Crippen LogP contribution in [0.2, 0.25) is 5.02 Å². The number of allylic oxidation sites excluding steroid dienone is 3. The number of carbonyl (C=O) groups is 1. The number of hydrogen-bond acceptors (Lipinski definition) is 5. The van der Waals surface area contributed by atoms with Crippen molar-refractivity contribution in [2.75, 3.05) is 13.7 Å². The highest BCUT2D eigenvalue weighted by atomic mass is 35.5. The molecule has 0 spiro atoms. The molecule has 0 radical (unpaired) electrons. The van der Waals surface area contributed by atoms with Crippen molar-refractivity contribution in [1.82, 2.24) is 10.3 Å². The van der Waals surface area contributed by atoms with Gasteiger partial charge in [-0.15, -0.1) is 0 Å². The monoisotopic (exact) mass is 604 g/mol. The van der Waals surface area contributed by atoms with Crippen LogP contribution < -0.4 is 10.1 Å². The van der Waals surface area contributed by atoms with Crippen LogP contribution in [0.3, 0.4) is 0 Å². The highest BCUT2D eigenvalue weighted by molar-refractivity contribution is 6.30. The molecule has 0 saturated carbocycles. The third-order valence-electron chi connectivity index (χ3n) is 8.52. The number of aliphatic carboxylic acids is 1. The molecule has 1 aliphatic rings. The number of carboxylic acid groups (broad SMARTS) is 1. The van der Waals surface area contributed by atoms with Crippen molar-refractivity contribution in [3.63, 3.8) is 0 Å². The summed E-state index contributed by atoms with van der Waals surface area (Å²) in [6.45, 7) is 4.74. The molecule has 5 unspecified atom stereocenters. The summed E-state index contributed by atoms with van der Waals surface area (Å²) in [7, 11) is 1.64. The summed E-state index contributed by atoms with van der Waals surface area (Å²) < 4.78 is 5.43. The number of fused-ring (bicyclic) bond motifs is 1. The second-order valence-electron chi connectivity index (χ2n) is 11.7. The average Bonchev–Trinajstić information content (AvgIpc) is 3.09. The van der Waals surface area contributed by atoms with E-state index in [1.54, 1.807) is 7.11 Å². The summed E-state index contributed by atoms with van der Waals surface area (Å²) in [5.74, 6) is 0.193. The predicted octanol–water partition coefficient (Wildman–Crippen LogP) is 8.14. The molecule has 1 aromatic heterocycles. The van der Waals surface area contributed by atoms with Crippen molar-refractivity contribution in [1.29, 1.82) is 0 Å². The third kappa shape index (κ3) is 8.91. The normalized spacial score (nSPS) is 19.5. The Bertz CT molecular complexity index is 1400. The number of carboxylic acids is 1. The molecule has 230 valence electrons. The second kappa shape index (κ2) is 16.0. The first kappa shape index (κ1) is 32.7. The van der Waals surface area contributed by atoms with E-state index in [9.17, 15) is 9.90 Å². The van der Waals surface area contributed by atoms with Gasteiger partial charge in [0.25, 0.3) is 0 Å². The maximum atomic E-state index is 11.0. The molecule has 1 aliphatic carbocycles. The largest absolute Gasteiger partial charge is 0.481 e. The highest BCUT2D eigenvalue weighted by Gasteiger charge is 2.30. The van der Waals surface area contributed by atoms with Crippen LogP contribution in [0.1, 0.15) is 75.8 Å². The smallest absolute Gasteiger partial charge is 0.304 e. The molecular formula is C36H45ClN2O4. The van der Waals surface area contributed by atoms with E-state index >= 15 is 0 Å². The molecule has 1 heterocycles. The van der Waals surface area contributed by atoms with Crippen LogP contribution >= 0.6 is 11.6 Å². The number of methoxy groups -OCH3 is 1. The molecule has 43 heavy (non-hydrogen) atoms. The molecule has 0 saturated heterocycles. The maximum Gasteiger partial charge on any atom is 0.304 e. The van der Waals surface area contributed by atoms with Gasteiger partial charge >= 0.3 is 5.97 Å². The number of aliphatic hydroxyl groups excluding tert-OH is 1. The molecule has 0 bridgehead atoms. The van der Waals surface area contributed by atoms with E-state index in [1.807, 2.05) is 24.3 Å². The van der Waals surface area contributed by atoms with E-state index < -0.39 is 12.2 Å². The quantitative estimate of drug-likeness (QED) is 0.171. The lowest BCUT2D eigenvalue weighted by atomic mass is 9.73. The summed E-state index contributed by atoms with van der Waals surface area (Å²) in [6, 6.07) is 18.6. The molecule has 4 rings (SSSR count). The van der Waals surface area contributed by atoms with Gasteiger partial charge in [-0.25, -0.2) is 4.98 Å². The van der Waals surface area contributed by atoms with Gasteiger partial charge in [0.05, 0.1) is 19.0 Å². The first-order valence-corrected chi connectivity index (χ1v) is 15.9. The zero-order chi connectivity index (χ0) is 30.8. The van der Waals surface area contributed by atoms with Crippen LogP contribution in [0, 0.1) is 17.8 Å².